The molecule has 16 heavy (non-hydrogen) atoms. The Morgan fingerprint density at radius 2 is 2.06 bits per heavy atom. The van der Waals surface area contributed by atoms with Gasteiger partial charge in [-0.3, -0.25) is 0 Å². The zero-order valence-corrected chi connectivity index (χ0v) is 9.61. The minimum Gasteiger partial charge on any atom is -0.378 e. The van der Waals surface area contributed by atoms with Crippen LogP contribution >= 0.6 is 0 Å². The molecule has 1 aliphatic rings. The Morgan fingerprint density at radius 1 is 1.38 bits per heavy atom. The van der Waals surface area contributed by atoms with E-state index in [9.17, 15) is 4.79 Å². The van der Waals surface area contributed by atoms with Crippen molar-refractivity contribution >= 4 is 6.03 Å². The van der Waals surface area contributed by atoms with E-state index in [1.54, 1.807) is 11.0 Å². The van der Waals surface area contributed by atoms with E-state index in [-0.39, 0.29) is 6.03 Å². The maximum absolute atomic E-state index is 11.7. The second-order valence-corrected chi connectivity index (χ2v) is 3.50. The Labute approximate surface area is 96.3 Å². The summed E-state index contributed by atoms with van der Waals surface area (Å²) < 4.78 is 5.18. The van der Waals surface area contributed by atoms with Gasteiger partial charge in [-0.25, -0.2) is 4.79 Å². The SMILES string of the molecule is C=C/C=C\C=C(/C)NC(=O)N1CCOCC1. The predicted octanol–water partition coefficient (Wildman–Crippen LogP) is 1.67. The van der Waals surface area contributed by atoms with Crippen LogP contribution in [0.15, 0.2) is 36.6 Å². The van der Waals surface area contributed by atoms with Gasteiger partial charge in [-0.2, -0.15) is 0 Å². The first-order chi connectivity index (χ1) is 7.74. The van der Waals surface area contributed by atoms with Crippen LogP contribution in [0.1, 0.15) is 6.92 Å². The molecular formula is C12H18N2O2. The van der Waals surface area contributed by atoms with E-state index in [1.165, 1.54) is 0 Å². The van der Waals surface area contributed by atoms with E-state index in [4.69, 9.17) is 4.74 Å². The lowest BCUT2D eigenvalue weighted by Crippen LogP contribution is -2.45. The molecule has 1 rings (SSSR count). The number of nitrogens with one attached hydrogen (secondary N) is 1. The zero-order valence-electron chi connectivity index (χ0n) is 9.61. The van der Waals surface area contributed by atoms with E-state index in [0.29, 0.717) is 26.3 Å². The van der Waals surface area contributed by atoms with Crippen molar-refractivity contribution < 1.29 is 9.53 Å². The van der Waals surface area contributed by atoms with Gasteiger partial charge in [0, 0.05) is 18.8 Å². The van der Waals surface area contributed by atoms with Crippen LogP contribution in [0.3, 0.4) is 0 Å². The third-order valence-electron chi connectivity index (χ3n) is 2.20. The maximum Gasteiger partial charge on any atom is 0.321 e. The van der Waals surface area contributed by atoms with Crippen molar-refractivity contribution in [2.24, 2.45) is 0 Å². The highest BCUT2D eigenvalue weighted by molar-refractivity contribution is 5.76. The topological polar surface area (TPSA) is 41.6 Å². The largest absolute Gasteiger partial charge is 0.378 e. The molecular weight excluding hydrogens is 204 g/mol. The van der Waals surface area contributed by atoms with Gasteiger partial charge in [0.15, 0.2) is 0 Å². The molecule has 1 fully saturated rings. The molecule has 2 amide bonds. The van der Waals surface area contributed by atoms with Gasteiger partial charge in [-0.1, -0.05) is 24.8 Å². The lowest BCUT2D eigenvalue weighted by atomic mass is 10.4. The minimum atomic E-state index is -0.0657. The summed E-state index contributed by atoms with van der Waals surface area (Å²) in [6.45, 7) is 7.96. The van der Waals surface area contributed by atoms with Crippen LogP contribution in [0.2, 0.25) is 0 Å². The molecule has 4 heteroatoms. The highest BCUT2D eigenvalue weighted by Crippen LogP contribution is 1.99. The summed E-state index contributed by atoms with van der Waals surface area (Å²) >= 11 is 0. The lowest BCUT2D eigenvalue weighted by molar-refractivity contribution is 0.0538. The first kappa shape index (κ1) is 12.5. The molecule has 4 nitrogen and oxygen atoms in total. The first-order valence-electron chi connectivity index (χ1n) is 5.33. The Kier molecular flexibility index (Phi) is 5.36. The molecule has 0 unspecified atom stereocenters. The van der Waals surface area contributed by atoms with Crippen molar-refractivity contribution in [3.8, 4) is 0 Å². The number of carbonyl (C=O) groups excluding carboxylic acids is 1. The van der Waals surface area contributed by atoms with Gasteiger partial charge in [-0.05, 0) is 13.0 Å². The van der Waals surface area contributed by atoms with Crippen LogP contribution in [0.25, 0.3) is 0 Å². The highest BCUT2D eigenvalue weighted by Gasteiger charge is 2.15. The van der Waals surface area contributed by atoms with Crippen LogP contribution in [0, 0.1) is 0 Å². The third-order valence-corrected chi connectivity index (χ3v) is 2.20. The van der Waals surface area contributed by atoms with E-state index in [0.717, 1.165) is 5.70 Å². The molecule has 0 atom stereocenters. The predicted molar refractivity (Wildman–Crippen MR) is 64.0 cm³/mol. The first-order valence-corrected chi connectivity index (χ1v) is 5.33. The average molecular weight is 222 g/mol. The van der Waals surface area contributed by atoms with Crippen LogP contribution in [-0.4, -0.2) is 37.2 Å². The van der Waals surface area contributed by atoms with Gasteiger partial charge in [0.05, 0.1) is 13.2 Å². The Balaban J connectivity index is 2.40. The van der Waals surface area contributed by atoms with Crippen molar-refractivity contribution in [3.05, 3.63) is 36.6 Å². The van der Waals surface area contributed by atoms with Gasteiger partial charge in [0.25, 0.3) is 0 Å². The van der Waals surface area contributed by atoms with Gasteiger partial charge in [-0.15, -0.1) is 0 Å². The van der Waals surface area contributed by atoms with Gasteiger partial charge in [0.2, 0.25) is 0 Å². The Hall–Kier alpha value is -1.55. The van der Waals surface area contributed by atoms with E-state index in [1.807, 2.05) is 25.2 Å². The summed E-state index contributed by atoms with van der Waals surface area (Å²) in [5, 5.41) is 2.82. The summed E-state index contributed by atoms with van der Waals surface area (Å²) in [5.74, 6) is 0. The molecule has 0 radical (unpaired) electrons. The summed E-state index contributed by atoms with van der Waals surface area (Å²) in [7, 11) is 0. The number of nitrogens with zero attached hydrogens (tertiary/aromatic N) is 1. The molecule has 1 saturated heterocycles. The number of hydrogen-bond acceptors (Lipinski definition) is 2. The summed E-state index contributed by atoms with van der Waals surface area (Å²) in [4.78, 5) is 13.5. The van der Waals surface area contributed by atoms with Crippen molar-refractivity contribution in [3.63, 3.8) is 0 Å². The third kappa shape index (κ3) is 4.31. The molecule has 0 spiro atoms. The molecule has 0 aliphatic carbocycles. The average Bonchev–Trinajstić information content (AvgIpc) is 2.30. The molecule has 1 heterocycles. The molecule has 1 N–H and O–H groups in total. The molecule has 0 bridgehead atoms. The molecule has 0 aromatic carbocycles. The van der Waals surface area contributed by atoms with Gasteiger partial charge < -0.3 is 15.0 Å². The minimum absolute atomic E-state index is 0.0657. The smallest absolute Gasteiger partial charge is 0.321 e. The number of rotatable bonds is 3. The van der Waals surface area contributed by atoms with Gasteiger partial charge >= 0.3 is 6.03 Å². The van der Waals surface area contributed by atoms with Crippen LogP contribution in [0.4, 0.5) is 4.79 Å². The number of ether oxygens (including phenoxy) is 1. The standard InChI is InChI=1S/C12H18N2O2/c1-3-4-5-6-11(2)13-12(15)14-7-9-16-10-8-14/h3-6H,1,7-10H2,2H3,(H,13,15)/b5-4-,11-6+. The van der Waals surface area contributed by atoms with Crippen molar-refractivity contribution in [1.29, 1.82) is 0 Å². The molecule has 0 aromatic rings. The Bertz CT molecular complexity index is 302. The number of carbonyl (C=O) groups is 1. The summed E-state index contributed by atoms with van der Waals surface area (Å²) in [6, 6.07) is -0.0657. The van der Waals surface area contributed by atoms with E-state index in [2.05, 4.69) is 11.9 Å². The molecule has 0 saturated carbocycles. The quantitative estimate of drug-likeness (QED) is 0.738. The number of allylic oxidation sites excluding steroid dienone is 5. The second kappa shape index (κ2) is 6.85. The maximum atomic E-state index is 11.7. The zero-order chi connectivity index (χ0) is 11.8. The fraction of sp³-hybridized carbons (Fsp3) is 0.417. The molecule has 0 aromatic heterocycles. The number of urea groups is 1. The normalized spacial score (nSPS) is 17.6. The van der Waals surface area contributed by atoms with Crippen molar-refractivity contribution in [1.82, 2.24) is 10.2 Å². The van der Waals surface area contributed by atoms with Gasteiger partial charge in [0.1, 0.15) is 0 Å². The monoisotopic (exact) mass is 222 g/mol. The highest BCUT2D eigenvalue weighted by atomic mass is 16.5. The van der Waals surface area contributed by atoms with E-state index >= 15 is 0 Å². The number of morpholine rings is 1. The molecule has 88 valence electrons. The van der Waals surface area contributed by atoms with E-state index < -0.39 is 0 Å². The summed E-state index contributed by atoms with van der Waals surface area (Å²) in [6.07, 6.45) is 7.17. The fourth-order valence-electron chi connectivity index (χ4n) is 1.33. The lowest BCUT2D eigenvalue weighted by Gasteiger charge is -2.27. The second-order valence-electron chi connectivity index (χ2n) is 3.50. The Morgan fingerprint density at radius 3 is 2.69 bits per heavy atom. The van der Waals surface area contributed by atoms with Crippen LogP contribution < -0.4 is 5.32 Å². The fourth-order valence-corrected chi connectivity index (χ4v) is 1.33. The summed E-state index contributed by atoms with van der Waals surface area (Å²) in [5.41, 5.74) is 0.814. The molecule has 1 aliphatic heterocycles. The van der Waals surface area contributed by atoms with Crippen LogP contribution in [-0.2, 0) is 4.74 Å². The van der Waals surface area contributed by atoms with Crippen LogP contribution in [0.5, 0.6) is 0 Å². The van der Waals surface area contributed by atoms with Crippen molar-refractivity contribution in [2.45, 2.75) is 6.92 Å². The number of hydrogen-bond donors (Lipinski definition) is 1. The number of amides is 2. The van der Waals surface area contributed by atoms with Crippen molar-refractivity contribution in [2.75, 3.05) is 26.3 Å².